The Labute approximate surface area is 166 Å². The van der Waals surface area contributed by atoms with Crippen LogP contribution in [0, 0.1) is 0 Å². The third-order valence-electron chi connectivity index (χ3n) is 3.68. The lowest BCUT2D eigenvalue weighted by Crippen LogP contribution is -2.28. The van der Waals surface area contributed by atoms with Gasteiger partial charge in [0.05, 0.1) is 6.42 Å². The third kappa shape index (κ3) is 6.08. The van der Waals surface area contributed by atoms with Crippen molar-refractivity contribution in [3.63, 3.8) is 0 Å². The minimum Gasteiger partial charge on any atom is -0.456 e. The van der Waals surface area contributed by atoms with E-state index in [9.17, 15) is 9.59 Å². The lowest BCUT2D eigenvalue weighted by molar-refractivity contribution is -0.148. The fourth-order valence-corrected chi connectivity index (χ4v) is 3.26. The van der Waals surface area contributed by atoms with Gasteiger partial charge in [0.15, 0.2) is 18.1 Å². The first-order valence-corrected chi connectivity index (χ1v) is 9.66. The molecule has 2 aromatic carbocycles. The van der Waals surface area contributed by atoms with Gasteiger partial charge in [-0.15, -0.1) is 11.8 Å². The summed E-state index contributed by atoms with van der Waals surface area (Å²) in [4.78, 5) is 24.6. The molecule has 0 saturated heterocycles. The lowest BCUT2D eigenvalue weighted by atomic mass is 10.2. The Bertz CT molecular complexity index is 812. The minimum absolute atomic E-state index is 0.206. The number of carbonyl (C=O) groups is 2. The molecule has 6 nitrogen and oxygen atoms in total. The van der Waals surface area contributed by atoms with Crippen LogP contribution in [0.4, 0.5) is 0 Å². The van der Waals surface area contributed by atoms with E-state index in [-0.39, 0.29) is 25.7 Å². The van der Waals surface area contributed by atoms with Gasteiger partial charge in [-0.1, -0.05) is 17.7 Å². The van der Waals surface area contributed by atoms with Gasteiger partial charge < -0.3 is 19.5 Å². The van der Waals surface area contributed by atoms with E-state index in [4.69, 9.17) is 25.8 Å². The molecule has 0 spiro atoms. The lowest BCUT2D eigenvalue weighted by Gasteiger charge is -2.07. The Balaban J connectivity index is 1.31. The largest absolute Gasteiger partial charge is 0.456 e. The Morgan fingerprint density at radius 2 is 1.89 bits per heavy atom. The molecule has 1 amide bonds. The molecule has 8 heteroatoms. The molecule has 0 aliphatic carbocycles. The van der Waals surface area contributed by atoms with E-state index in [0.717, 1.165) is 10.5 Å². The number of esters is 1. The number of halogens is 1. The Morgan fingerprint density at radius 3 is 2.70 bits per heavy atom. The van der Waals surface area contributed by atoms with E-state index in [1.807, 2.05) is 24.3 Å². The number of hydrogen-bond donors (Lipinski definition) is 1. The van der Waals surface area contributed by atoms with Gasteiger partial charge in [-0.25, -0.2) is 0 Å². The average molecular weight is 408 g/mol. The second-order valence-corrected chi connectivity index (χ2v) is 7.28. The second kappa shape index (κ2) is 9.53. The standard InChI is InChI=1S/C19H18ClNO5S/c20-14-2-4-15(5-3-14)27-8-7-19(23)24-11-18(22)21-10-13-1-6-16-17(9-13)26-12-25-16/h1-6,9H,7-8,10-12H2,(H,21,22). The fourth-order valence-electron chi connectivity index (χ4n) is 2.30. The van der Waals surface area contributed by atoms with Crippen LogP contribution in [-0.2, 0) is 20.9 Å². The molecule has 142 valence electrons. The SMILES string of the molecule is O=C(COC(=O)CCSc1ccc(Cl)cc1)NCc1ccc2c(c1)OCO2. The van der Waals surface area contributed by atoms with E-state index < -0.39 is 5.97 Å². The maximum Gasteiger partial charge on any atom is 0.307 e. The first-order valence-electron chi connectivity index (χ1n) is 8.29. The summed E-state index contributed by atoms with van der Waals surface area (Å²) >= 11 is 7.35. The van der Waals surface area contributed by atoms with Gasteiger partial charge in [-0.05, 0) is 42.0 Å². The molecule has 0 atom stereocenters. The molecular formula is C19H18ClNO5S. The topological polar surface area (TPSA) is 73.9 Å². The van der Waals surface area contributed by atoms with E-state index in [1.54, 1.807) is 18.2 Å². The number of rotatable bonds is 8. The highest BCUT2D eigenvalue weighted by molar-refractivity contribution is 7.99. The second-order valence-electron chi connectivity index (χ2n) is 5.68. The van der Waals surface area contributed by atoms with Crippen LogP contribution in [0.1, 0.15) is 12.0 Å². The number of thioether (sulfide) groups is 1. The van der Waals surface area contributed by atoms with Crippen LogP contribution < -0.4 is 14.8 Å². The van der Waals surface area contributed by atoms with Crippen LogP contribution in [0.5, 0.6) is 11.5 Å². The molecule has 0 saturated carbocycles. The van der Waals surface area contributed by atoms with Crippen LogP contribution in [-0.4, -0.2) is 31.0 Å². The molecule has 0 bridgehead atoms. The minimum atomic E-state index is -0.408. The molecule has 2 aromatic rings. The first-order chi connectivity index (χ1) is 13.1. The summed E-state index contributed by atoms with van der Waals surface area (Å²) in [5, 5.41) is 3.37. The number of fused-ring (bicyclic) bond motifs is 1. The summed E-state index contributed by atoms with van der Waals surface area (Å²) in [6.45, 7) is 0.228. The number of carbonyl (C=O) groups excluding carboxylic acids is 2. The van der Waals surface area contributed by atoms with Crippen LogP contribution in [0.15, 0.2) is 47.4 Å². The van der Waals surface area contributed by atoms with Crippen molar-refractivity contribution in [3.8, 4) is 11.5 Å². The molecule has 0 radical (unpaired) electrons. The Kier molecular flexibility index (Phi) is 6.84. The number of amides is 1. The van der Waals surface area contributed by atoms with Gasteiger partial charge >= 0.3 is 5.97 Å². The first kappa shape index (κ1) is 19.4. The van der Waals surface area contributed by atoms with Gasteiger partial charge in [0.1, 0.15) is 0 Å². The molecule has 3 rings (SSSR count). The zero-order valence-corrected chi connectivity index (χ0v) is 16.0. The van der Waals surface area contributed by atoms with Crippen molar-refractivity contribution in [2.24, 2.45) is 0 Å². The van der Waals surface area contributed by atoms with Crippen molar-refractivity contribution in [1.29, 1.82) is 0 Å². The number of nitrogens with one attached hydrogen (secondary N) is 1. The molecule has 1 aliphatic rings. The van der Waals surface area contributed by atoms with Crippen molar-refractivity contribution < 1.29 is 23.8 Å². The summed E-state index contributed by atoms with van der Waals surface area (Å²) < 4.78 is 15.5. The average Bonchev–Trinajstić information content (AvgIpc) is 3.14. The quantitative estimate of drug-likeness (QED) is 0.534. The predicted octanol–water partition coefficient (Wildman–Crippen LogP) is 3.41. The molecule has 1 N–H and O–H groups in total. The van der Waals surface area contributed by atoms with Crippen molar-refractivity contribution >= 4 is 35.2 Å². The maximum absolute atomic E-state index is 11.8. The Hall–Kier alpha value is -2.38. The molecule has 0 unspecified atom stereocenters. The number of benzene rings is 2. The van der Waals surface area contributed by atoms with Crippen LogP contribution in [0.2, 0.25) is 5.02 Å². The van der Waals surface area contributed by atoms with Crippen LogP contribution >= 0.6 is 23.4 Å². The molecule has 1 heterocycles. The van der Waals surface area contributed by atoms with E-state index in [2.05, 4.69) is 5.32 Å². The molecular weight excluding hydrogens is 390 g/mol. The van der Waals surface area contributed by atoms with Crippen molar-refractivity contribution in [3.05, 3.63) is 53.1 Å². The highest BCUT2D eigenvalue weighted by atomic mass is 35.5. The smallest absolute Gasteiger partial charge is 0.307 e. The van der Waals surface area contributed by atoms with Gasteiger partial charge in [0, 0.05) is 22.2 Å². The Morgan fingerprint density at radius 1 is 1.11 bits per heavy atom. The molecule has 1 aliphatic heterocycles. The predicted molar refractivity (Wildman–Crippen MR) is 102 cm³/mol. The van der Waals surface area contributed by atoms with E-state index >= 15 is 0 Å². The van der Waals surface area contributed by atoms with Gasteiger partial charge in [-0.2, -0.15) is 0 Å². The van der Waals surface area contributed by atoms with E-state index in [1.165, 1.54) is 11.8 Å². The van der Waals surface area contributed by atoms with Crippen LogP contribution in [0.25, 0.3) is 0 Å². The van der Waals surface area contributed by atoms with Crippen molar-refractivity contribution in [1.82, 2.24) is 5.32 Å². The summed E-state index contributed by atoms with van der Waals surface area (Å²) in [6, 6.07) is 12.8. The molecule has 27 heavy (non-hydrogen) atoms. The van der Waals surface area contributed by atoms with E-state index in [0.29, 0.717) is 28.8 Å². The molecule has 0 fully saturated rings. The zero-order chi connectivity index (χ0) is 19.1. The third-order valence-corrected chi connectivity index (χ3v) is 4.95. The monoisotopic (exact) mass is 407 g/mol. The van der Waals surface area contributed by atoms with Crippen molar-refractivity contribution in [2.75, 3.05) is 19.2 Å². The normalized spacial score (nSPS) is 11.9. The number of hydrogen-bond acceptors (Lipinski definition) is 6. The molecule has 0 aromatic heterocycles. The van der Waals surface area contributed by atoms with Gasteiger partial charge in [0.2, 0.25) is 6.79 Å². The summed E-state index contributed by atoms with van der Waals surface area (Å²) in [6.07, 6.45) is 0.225. The highest BCUT2D eigenvalue weighted by Crippen LogP contribution is 2.32. The summed E-state index contributed by atoms with van der Waals surface area (Å²) in [5.74, 6) is 1.15. The van der Waals surface area contributed by atoms with Gasteiger partial charge in [-0.3, -0.25) is 9.59 Å². The highest BCUT2D eigenvalue weighted by Gasteiger charge is 2.13. The van der Waals surface area contributed by atoms with Crippen LogP contribution in [0.3, 0.4) is 0 Å². The zero-order valence-electron chi connectivity index (χ0n) is 14.4. The number of ether oxygens (including phenoxy) is 3. The maximum atomic E-state index is 11.8. The van der Waals surface area contributed by atoms with Gasteiger partial charge in [0.25, 0.3) is 5.91 Å². The summed E-state index contributed by atoms with van der Waals surface area (Å²) in [7, 11) is 0. The summed E-state index contributed by atoms with van der Waals surface area (Å²) in [5.41, 5.74) is 0.873. The fraction of sp³-hybridized carbons (Fsp3) is 0.263. The van der Waals surface area contributed by atoms with Crippen molar-refractivity contribution in [2.45, 2.75) is 17.9 Å².